The number of aliphatic hydroxyl groups excluding tert-OH is 2. The van der Waals surface area contributed by atoms with Gasteiger partial charge in [-0.15, -0.1) is 0 Å². The number of aromatic hydroxyl groups is 1. The van der Waals surface area contributed by atoms with Gasteiger partial charge in [0.1, 0.15) is 22.8 Å². The summed E-state index contributed by atoms with van der Waals surface area (Å²) in [6.07, 6.45) is 0.110. The van der Waals surface area contributed by atoms with Gasteiger partial charge < -0.3 is 26.2 Å². The maximum absolute atomic E-state index is 13.5. The summed E-state index contributed by atoms with van der Waals surface area (Å²) >= 11 is 2.13. The van der Waals surface area contributed by atoms with E-state index in [9.17, 15) is 34.8 Å². The number of fused-ring (bicyclic) bond motifs is 3. The molecule has 3 aliphatic rings. The van der Waals surface area contributed by atoms with E-state index in [2.05, 4.69) is 22.6 Å². The van der Waals surface area contributed by atoms with E-state index in [4.69, 9.17) is 5.73 Å². The topological polar surface area (TPSA) is 158 Å². The quantitative estimate of drug-likeness (QED) is 0.264. The number of carbonyl (C=O) groups excluding carboxylic acids is 3. The number of hydrogen-bond acceptors (Lipinski definition) is 7. The van der Waals surface area contributed by atoms with Crippen LogP contribution in [0.2, 0.25) is 0 Å². The molecule has 0 spiro atoms. The first-order chi connectivity index (χ1) is 14.7. The van der Waals surface area contributed by atoms with Crippen molar-refractivity contribution in [1.82, 2.24) is 0 Å². The summed E-state index contributed by atoms with van der Waals surface area (Å²) in [6.45, 7) is 5.73. The molecular weight excluding hydrogens is 529 g/mol. The Hall–Kier alpha value is -2.40. The molecule has 1 fully saturated rings. The fraction of sp³-hybridized carbons (Fsp3) is 0.435. The molecule has 0 bridgehead atoms. The van der Waals surface area contributed by atoms with Gasteiger partial charge in [0.05, 0.1) is 5.56 Å². The molecule has 0 saturated heterocycles. The second-order valence-electron chi connectivity index (χ2n) is 9.76. The SMILES string of the molecule is CC(C)(C)c1cc(I)c2c(c1O)C(O)=C1C(=O)C3(O)C(O)=C(C(N)=O)C(=O)CC3CC1C2. The van der Waals surface area contributed by atoms with Crippen LogP contribution in [-0.4, -0.2) is 43.5 Å². The van der Waals surface area contributed by atoms with Gasteiger partial charge in [-0.25, -0.2) is 0 Å². The molecule has 0 heterocycles. The van der Waals surface area contributed by atoms with Crippen LogP contribution in [0.4, 0.5) is 0 Å². The normalized spacial score (nSPS) is 27.8. The third kappa shape index (κ3) is 2.93. The Morgan fingerprint density at radius 1 is 1.19 bits per heavy atom. The largest absolute Gasteiger partial charge is 0.508 e. The van der Waals surface area contributed by atoms with E-state index < -0.39 is 57.4 Å². The number of primary amides is 1. The van der Waals surface area contributed by atoms with Crippen molar-refractivity contribution in [1.29, 1.82) is 0 Å². The first kappa shape index (κ1) is 22.8. The minimum absolute atomic E-state index is 0.126. The summed E-state index contributed by atoms with van der Waals surface area (Å²) in [7, 11) is 0. The van der Waals surface area contributed by atoms with Crippen molar-refractivity contribution in [2.24, 2.45) is 17.6 Å². The van der Waals surface area contributed by atoms with E-state index >= 15 is 0 Å². The van der Waals surface area contributed by atoms with Crippen LogP contribution >= 0.6 is 22.6 Å². The second kappa shape index (κ2) is 7.05. The Labute approximate surface area is 198 Å². The molecule has 170 valence electrons. The summed E-state index contributed by atoms with van der Waals surface area (Å²) in [6, 6.07) is 1.85. The molecule has 8 nitrogen and oxygen atoms in total. The predicted octanol–water partition coefficient (Wildman–Crippen LogP) is 2.33. The average molecular weight is 553 g/mol. The van der Waals surface area contributed by atoms with Crippen molar-refractivity contribution in [3.8, 4) is 5.75 Å². The molecule has 1 amide bonds. The highest BCUT2D eigenvalue weighted by molar-refractivity contribution is 14.1. The van der Waals surface area contributed by atoms with Crippen LogP contribution < -0.4 is 5.73 Å². The molecule has 3 unspecified atom stereocenters. The Morgan fingerprint density at radius 2 is 1.81 bits per heavy atom. The number of carbonyl (C=O) groups is 3. The van der Waals surface area contributed by atoms with E-state index in [1.54, 1.807) is 0 Å². The Kier molecular flexibility index (Phi) is 5.02. The molecule has 1 saturated carbocycles. The maximum Gasteiger partial charge on any atom is 0.255 e. The number of phenols is 1. The van der Waals surface area contributed by atoms with Crippen LogP contribution in [0.25, 0.3) is 5.76 Å². The monoisotopic (exact) mass is 553 g/mol. The number of nitrogens with two attached hydrogens (primary N) is 1. The van der Waals surface area contributed by atoms with Gasteiger partial charge in [-0.2, -0.15) is 0 Å². The van der Waals surface area contributed by atoms with Crippen LogP contribution in [-0.2, 0) is 26.2 Å². The zero-order valence-corrected chi connectivity index (χ0v) is 20.0. The number of halogens is 1. The summed E-state index contributed by atoms with van der Waals surface area (Å²) in [5.74, 6) is -6.10. The number of benzene rings is 1. The fourth-order valence-corrected chi connectivity index (χ4v) is 6.02. The standard InChI is InChI=1S/C23H24INO7/c1-22(2,3)11-7-12(24)10-5-8-4-9-6-13(26)16(21(25)31)20(30)23(9,32)19(29)14(8)18(28)15(10)17(11)27/h7-9,27-28,30,32H,4-6H2,1-3H3,(H2,25,31). The molecule has 1 aromatic carbocycles. The van der Waals surface area contributed by atoms with Gasteiger partial charge in [-0.05, 0) is 58.4 Å². The number of phenolic OH excluding ortho intramolecular Hbond substituents is 1. The van der Waals surface area contributed by atoms with Gasteiger partial charge in [0.25, 0.3) is 5.91 Å². The van der Waals surface area contributed by atoms with Crippen molar-refractivity contribution in [2.45, 2.75) is 51.0 Å². The zero-order chi connectivity index (χ0) is 23.9. The third-order valence-corrected chi connectivity index (χ3v) is 7.78. The lowest BCUT2D eigenvalue weighted by Gasteiger charge is -2.46. The lowest BCUT2D eigenvalue weighted by Crippen LogP contribution is -2.58. The van der Waals surface area contributed by atoms with Crippen molar-refractivity contribution in [2.75, 3.05) is 0 Å². The van der Waals surface area contributed by atoms with Gasteiger partial charge >= 0.3 is 0 Å². The number of aliphatic hydroxyl groups is 3. The second-order valence-corrected chi connectivity index (χ2v) is 10.9. The van der Waals surface area contributed by atoms with Gasteiger partial charge in [0.2, 0.25) is 5.78 Å². The number of ketones is 2. The van der Waals surface area contributed by atoms with Crippen molar-refractivity contribution in [3.63, 3.8) is 0 Å². The van der Waals surface area contributed by atoms with E-state index in [1.165, 1.54) is 0 Å². The van der Waals surface area contributed by atoms with Crippen LogP contribution in [0.3, 0.4) is 0 Å². The molecule has 0 radical (unpaired) electrons. The van der Waals surface area contributed by atoms with Gasteiger partial charge in [-0.3, -0.25) is 14.4 Å². The van der Waals surface area contributed by atoms with E-state index in [0.29, 0.717) is 17.5 Å². The summed E-state index contributed by atoms with van der Waals surface area (Å²) in [4.78, 5) is 37.5. The smallest absolute Gasteiger partial charge is 0.255 e. The third-order valence-electron chi connectivity index (χ3n) is 6.82. The van der Waals surface area contributed by atoms with Crippen molar-refractivity contribution < 1.29 is 34.8 Å². The van der Waals surface area contributed by atoms with Crippen LogP contribution in [0.15, 0.2) is 23.0 Å². The number of Topliss-reactive ketones (excluding diaryl/α,β-unsaturated/α-hetero) is 2. The Bertz CT molecular complexity index is 1170. The molecule has 0 aliphatic heterocycles. The lowest BCUT2D eigenvalue weighted by molar-refractivity contribution is -0.147. The minimum atomic E-state index is -2.54. The summed E-state index contributed by atoms with van der Waals surface area (Å²) in [5, 5.41) is 44.0. The summed E-state index contributed by atoms with van der Waals surface area (Å²) < 4.78 is 0.817. The number of amides is 1. The molecule has 1 aromatic rings. The fourth-order valence-electron chi connectivity index (χ4n) is 5.22. The van der Waals surface area contributed by atoms with Crippen LogP contribution in [0.1, 0.15) is 50.3 Å². The molecule has 3 atom stereocenters. The zero-order valence-electron chi connectivity index (χ0n) is 17.8. The molecule has 6 N–H and O–H groups in total. The van der Waals surface area contributed by atoms with Crippen molar-refractivity contribution >= 4 is 45.8 Å². The van der Waals surface area contributed by atoms with Gasteiger partial charge in [0.15, 0.2) is 11.4 Å². The van der Waals surface area contributed by atoms with Crippen LogP contribution in [0.5, 0.6) is 5.75 Å². The Balaban J connectivity index is 1.97. The molecule has 32 heavy (non-hydrogen) atoms. The molecule has 0 aromatic heterocycles. The highest BCUT2D eigenvalue weighted by Crippen LogP contribution is 2.53. The van der Waals surface area contributed by atoms with Gasteiger partial charge in [-0.1, -0.05) is 20.8 Å². The van der Waals surface area contributed by atoms with E-state index in [-0.39, 0.29) is 29.7 Å². The van der Waals surface area contributed by atoms with E-state index in [1.807, 2.05) is 26.8 Å². The molecule has 9 heteroatoms. The highest BCUT2D eigenvalue weighted by atomic mass is 127. The van der Waals surface area contributed by atoms with Crippen LogP contribution in [0, 0.1) is 15.4 Å². The average Bonchev–Trinajstić information content (AvgIpc) is 2.66. The van der Waals surface area contributed by atoms with Crippen molar-refractivity contribution in [3.05, 3.63) is 43.2 Å². The number of hydrogen-bond donors (Lipinski definition) is 5. The molecule has 3 aliphatic carbocycles. The predicted molar refractivity (Wildman–Crippen MR) is 123 cm³/mol. The minimum Gasteiger partial charge on any atom is -0.508 e. The molecular formula is C23H24INO7. The number of rotatable bonds is 1. The van der Waals surface area contributed by atoms with Gasteiger partial charge in [0, 0.05) is 27.0 Å². The van der Waals surface area contributed by atoms with E-state index in [0.717, 1.165) is 3.57 Å². The first-order valence-electron chi connectivity index (χ1n) is 10.2. The molecule has 4 rings (SSSR count). The highest BCUT2D eigenvalue weighted by Gasteiger charge is 2.60. The maximum atomic E-state index is 13.5. The first-order valence-corrected chi connectivity index (χ1v) is 11.3. The lowest BCUT2D eigenvalue weighted by atomic mass is 9.59. The Morgan fingerprint density at radius 3 is 2.38 bits per heavy atom. The summed E-state index contributed by atoms with van der Waals surface area (Å²) in [5.41, 5.74) is 2.70.